The van der Waals surface area contributed by atoms with Gasteiger partial charge in [0.2, 0.25) is 0 Å². The molecule has 3 rings (SSSR count). The summed E-state index contributed by atoms with van der Waals surface area (Å²) in [6.07, 6.45) is 7.21. The molecule has 1 saturated carbocycles. The predicted molar refractivity (Wildman–Crippen MR) is 80.9 cm³/mol. The highest BCUT2D eigenvalue weighted by atomic mass is 19.1. The van der Waals surface area contributed by atoms with Gasteiger partial charge in [-0.15, -0.1) is 0 Å². The highest BCUT2D eigenvalue weighted by molar-refractivity contribution is 5.23. The molecule has 0 radical (unpaired) electrons. The third-order valence-electron chi connectivity index (χ3n) is 4.81. The molecule has 0 spiro atoms. The molecule has 0 saturated heterocycles. The lowest BCUT2D eigenvalue weighted by molar-refractivity contribution is 0.120. The second kappa shape index (κ2) is 5.00. The van der Waals surface area contributed by atoms with Gasteiger partial charge in [0.1, 0.15) is 5.82 Å². The van der Waals surface area contributed by atoms with Gasteiger partial charge in [0.25, 0.3) is 0 Å². The maximum Gasteiger partial charge on any atom is 0.123 e. The van der Waals surface area contributed by atoms with Crippen molar-refractivity contribution >= 4 is 0 Å². The molecule has 2 aliphatic carbocycles. The molecular weight excluding hydrogens is 249 g/mol. The molecule has 0 bridgehead atoms. The Hall–Kier alpha value is -1.15. The molecule has 2 aliphatic rings. The molecule has 1 aromatic rings. The zero-order chi connectivity index (χ0) is 14.3. The number of halogens is 1. The van der Waals surface area contributed by atoms with Crippen molar-refractivity contribution in [1.82, 2.24) is 5.32 Å². The number of hydrogen-bond acceptors (Lipinski definition) is 1. The Bertz CT molecular complexity index is 497. The fourth-order valence-corrected chi connectivity index (χ4v) is 3.62. The fraction of sp³-hybridized carbons (Fsp3) is 0.556. The maximum absolute atomic E-state index is 13.1. The van der Waals surface area contributed by atoms with Crippen LogP contribution in [0.1, 0.15) is 45.2 Å². The van der Waals surface area contributed by atoms with Crippen molar-refractivity contribution in [3.63, 3.8) is 0 Å². The normalized spacial score (nSPS) is 29.9. The highest BCUT2D eigenvalue weighted by Gasteiger charge is 2.43. The standard InChI is InChI=1S/C18H24FN/c1-18(2,3)17(12-7-9-14(19)10-8-12)20-16-11-13-5-4-6-15(13)16/h4,6-10,13,15-17,20H,5,11H2,1-3H3. The molecule has 4 atom stereocenters. The number of allylic oxidation sites excluding steroid dienone is 1. The zero-order valence-electron chi connectivity index (χ0n) is 12.6. The van der Waals surface area contributed by atoms with Crippen molar-refractivity contribution in [2.75, 3.05) is 0 Å². The second-order valence-corrected chi connectivity index (χ2v) is 7.36. The van der Waals surface area contributed by atoms with Crippen LogP contribution in [0.15, 0.2) is 36.4 Å². The van der Waals surface area contributed by atoms with Gasteiger partial charge in [0.05, 0.1) is 0 Å². The van der Waals surface area contributed by atoms with E-state index in [1.165, 1.54) is 18.4 Å². The number of rotatable bonds is 3. The molecule has 2 heteroatoms. The van der Waals surface area contributed by atoms with E-state index in [1.54, 1.807) is 12.1 Å². The monoisotopic (exact) mass is 273 g/mol. The summed E-state index contributed by atoms with van der Waals surface area (Å²) in [5, 5.41) is 3.83. The Kier molecular flexibility index (Phi) is 3.45. The van der Waals surface area contributed by atoms with Crippen molar-refractivity contribution in [1.29, 1.82) is 0 Å². The summed E-state index contributed by atoms with van der Waals surface area (Å²) < 4.78 is 13.1. The molecular formula is C18H24FN. The zero-order valence-corrected chi connectivity index (χ0v) is 12.6. The lowest BCUT2D eigenvalue weighted by Crippen LogP contribution is -2.51. The van der Waals surface area contributed by atoms with Gasteiger partial charge in [-0.25, -0.2) is 4.39 Å². The molecule has 108 valence electrons. The Morgan fingerprint density at radius 1 is 1.20 bits per heavy atom. The van der Waals surface area contributed by atoms with Crippen LogP contribution in [0.5, 0.6) is 0 Å². The molecule has 1 fully saturated rings. The Labute approximate surface area is 121 Å². The summed E-state index contributed by atoms with van der Waals surface area (Å²) >= 11 is 0. The van der Waals surface area contributed by atoms with Crippen LogP contribution in [0.2, 0.25) is 0 Å². The summed E-state index contributed by atoms with van der Waals surface area (Å²) in [6.45, 7) is 6.73. The average molecular weight is 273 g/mol. The van der Waals surface area contributed by atoms with Crippen LogP contribution in [-0.2, 0) is 0 Å². The van der Waals surface area contributed by atoms with E-state index in [0.717, 1.165) is 5.92 Å². The van der Waals surface area contributed by atoms with Crippen molar-refractivity contribution in [3.8, 4) is 0 Å². The number of fused-ring (bicyclic) bond motifs is 1. The van der Waals surface area contributed by atoms with E-state index in [0.29, 0.717) is 12.0 Å². The maximum atomic E-state index is 13.1. The third-order valence-corrected chi connectivity index (χ3v) is 4.81. The fourth-order valence-electron chi connectivity index (χ4n) is 3.62. The van der Waals surface area contributed by atoms with E-state index in [9.17, 15) is 4.39 Å². The topological polar surface area (TPSA) is 12.0 Å². The van der Waals surface area contributed by atoms with Gasteiger partial charge in [0, 0.05) is 12.1 Å². The summed E-state index contributed by atoms with van der Waals surface area (Å²) in [5.41, 5.74) is 1.30. The van der Waals surface area contributed by atoms with Crippen molar-refractivity contribution in [2.24, 2.45) is 17.3 Å². The van der Waals surface area contributed by atoms with Crippen molar-refractivity contribution in [2.45, 2.75) is 45.7 Å². The first-order valence-corrected chi connectivity index (χ1v) is 7.63. The quantitative estimate of drug-likeness (QED) is 0.801. The highest BCUT2D eigenvalue weighted by Crippen LogP contribution is 2.45. The van der Waals surface area contributed by atoms with Gasteiger partial charge in [0.15, 0.2) is 0 Å². The van der Waals surface area contributed by atoms with Gasteiger partial charge in [-0.05, 0) is 47.8 Å². The number of hydrogen-bond donors (Lipinski definition) is 1. The van der Waals surface area contributed by atoms with Gasteiger partial charge < -0.3 is 5.32 Å². The van der Waals surface area contributed by atoms with Crippen LogP contribution in [0.25, 0.3) is 0 Å². The lowest BCUT2D eigenvalue weighted by atomic mass is 9.70. The van der Waals surface area contributed by atoms with E-state index in [-0.39, 0.29) is 17.3 Å². The Morgan fingerprint density at radius 3 is 2.50 bits per heavy atom. The van der Waals surface area contributed by atoms with Gasteiger partial charge >= 0.3 is 0 Å². The van der Waals surface area contributed by atoms with Gasteiger partial charge in [-0.1, -0.05) is 45.1 Å². The molecule has 0 heterocycles. The minimum Gasteiger partial charge on any atom is -0.306 e. The first kappa shape index (κ1) is 13.8. The van der Waals surface area contributed by atoms with E-state index in [4.69, 9.17) is 0 Å². The van der Waals surface area contributed by atoms with Gasteiger partial charge in [-0.3, -0.25) is 0 Å². The largest absolute Gasteiger partial charge is 0.306 e. The lowest BCUT2D eigenvalue weighted by Gasteiger charge is -2.45. The van der Waals surface area contributed by atoms with Crippen LogP contribution < -0.4 is 5.32 Å². The molecule has 4 unspecified atom stereocenters. The summed E-state index contributed by atoms with van der Waals surface area (Å²) in [7, 11) is 0. The summed E-state index contributed by atoms with van der Waals surface area (Å²) in [4.78, 5) is 0. The Balaban J connectivity index is 1.77. The third kappa shape index (κ3) is 2.54. The molecule has 0 amide bonds. The number of nitrogens with one attached hydrogen (secondary N) is 1. The molecule has 1 nitrogen and oxygen atoms in total. The van der Waals surface area contributed by atoms with Crippen LogP contribution >= 0.6 is 0 Å². The molecule has 1 aromatic carbocycles. The molecule has 20 heavy (non-hydrogen) atoms. The summed E-state index contributed by atoms with van der Waals surface area (Å²) in [6, 6.07) is 7.80. The average Bonchev–Trinajstić information content (AvgIpc) is 2.72. The van der Waals surface area contributed by atoms with E-state index < -0.39 is 0 Å². The first-order valence-electron chi connectivity index (χ1n) is 7.63. The van der Waals surface area contributed by atoms with E-state index >= 15 is 0 Å². The van der Waals surface area contributed by atoms with Crippen LogP contribution in [0, 0.1) is 23.1 Å². The van der Waals surface area contributed by atoms with Crippen LogP contribution in [0.3, 0.4) is 0 Å². The molecule has 0 aliphatic heterocycles. The van der Waals surface area contributed by atoms with Gasteiger partial charge in [-0.2, -0.15) is 0 Å². The van der Waals surface area contributed by atoms with E-state index in [1.807, 2.05) is 12.1 Å². The number of benzene rings is 1. The molecule has 0 aromatic heterocycles. The predicted octanol–water partition coefficient (Wildman–Crippen LogP) is 4.47. The van der Waals surface area contributed by atoms with Crippen LogP contribution in [-0.4, -0.2) is 6.04 Å². The first-order chi connectivity index (χ1) is 9.45. The SMILES string of the molecule is CC(C)(C)C(NC1CC2CC=CC21)c1ccc(F)cc1. The van der Waals surface area contributed by atoms with Crippen LogP contribution in [0.4, 0.5) is 4.39 Å². The minimum atomic E-state index is -0.163. The minimum absolute atomic E-state index is 0.116. The summed E-state index contributed by atoms with van der Waals surface area (Å²) in [5.74, 6) is 1.41. The van der Waals surface area contributed by atoms with Crippen molar-refractivity contribution < 1.29 is 4.39 Å². The second-order valence-electron chi connectivity index (χ2n) is 7.36. The van der Waals surface area contributed by atoms with E-state index in [2.05, 4.69) is 38.2 Å². The smallest absolute Gasteiger partial charge is 0.123 e. The Morgan fingerprint density at radius 2 is 1.90 bits per heavy atom. The van der Waals surface area contributed by atoms with Crippen molar-refractivity contribution in [3.05, 3.63) is 47.8 Å². The molecule has 1 N–H and O–H groups in total.